The number of unbranched alkanes of at least 4 members (excludes halogenated alkanes) is 2. The first-order valence-electron chi connectivity index (χ1n) is 10.9. The number of aryl methyl sites for hydroxylation is 1. The number of benzene rings is 1. The van der Waals surface area contributed by atoms with Gasteiger partial charge >= 0.3 is 11.9 Å². The van der Waals surface area contributed by atoms with E-state index in [9.17, 15) is 9.59 Å². The summed E-state index contributed by atoms with van der Waals surface area (Å²) >= 11 is 0. The minimum atomic E-state index is -0.598. The summed E-state index contributed by atoms with van der Waals surface area (Å²) in [6.45, 7) is 9.53. The van der Waals surface area contributed by atoms with Crippen LogP contribution in [0.3, 0.4) is 0 Å². The Morgan fingerprint density at radius 2 is 1.56 bits per heavy atom. The molecule has 1 N–H and O–H groups in total. The van der Waals surface area contributed by atoms with Crippen LogP contribution >= 0.6 is 0 Å². The number of ether oxygens (including phenoxy) is 4. The van der Waals surface area contributed by atoms with Gasteiger partial charge in [0.1, 0.15) is 13.2 Å². The summed E-state index contributed by atoms with van der Waals surface area (Å²) in [4.78, 5) is 24.3. The topological polar surface area (TPSA) is 91.3 Å². The minimum Gasteiger partial charge on any atom is -0.461 e. The van der Waals surface area contributed by atoms with Gasteiger partial charge in [0.15, 0.2) is 0 Å². The van der Waals surface area contributed by atoms with Gasteiger partial charge in [0.05, 0.1) is 43.5 Å². The molecular formula is C25H36O7. The van der Waals surface area contributed by atoms with Crippen LogP contribution in [-0.4, -0.2) is 63.8 Å². The lowest BCUT2D eigenvalue weighted by molar-refractivity contribution is -0.143. The molecule has 0 aromatic heterocycles. The van der Waals surface area contributed by atoms with Crippen LogP contribution in [0, 0.1) is 0 Å². The summed E-state index contributed by atoms with van der Waals surface area (Å²) in [5, 5.41) is 8.75. The van der Waals surface area contributed by atoms with Gasteiger partial charge < -0.3 is 24.1 Å². The number of rotatable bonds is 17. The third-order valence-corrected chi connectivity index (χ3v) is 4.76. The van der Waals surface area contributed by atoms with Crippen LogP contribution < -0.4 is 0 Å². The molecule has 0 aliphatic rings. The summed E-state index contributed by atoms with van der Waals surface area (Å²) in [6, 6.07) is 8.04. The number of carbonyl (C=O) groups excluding carboxylic acids is 2. The Labute approximate surface area is 191 Å². The summed E-state index contributed by atoms with van der Waals surface area (Å²) in [5.41, 5.74) is 2.49. The molecule has 1 aromatic carbocycles. The Morgan fingerprint density at radius 3 is 2.09 bits per heavy atom. The van der Waals surface area contributed by atoms with Gasteiger partial charge in [0.25, 0.3) is 0 Å². The van der Waals surface area contributed by atoms with Crippen LogP contribution in [0.2, 0.25) is 0 Å². The first kappa shape index (κ1) is 27.6. The van der Waals surface area contributed by atoms with Crippen molar-refractivity contribution in [2.24, 2.45) is 0 Å². The smallest absolute Gasteiger partial charge is 0.335 e. The zero-order valence-corrected chi connectivity index (χ0v) is 19.3. The maximum atomic E-state index is 12.2. The highest BCUT2D eigenvalue weighted by molar-refractivity contribution is 5.88. The standard InChI is InChI=1S/C25H36O7/c1-5-6-7-8-21-9-11-22(12-10-21)23(17-31-24(27)19(2)15-29-4)18-32-25(28)20(3)16-30-14-13-26/h9-12,23,26H,2-3,5-8,13-18H2,1,4H3. The van der Waals surface area contributed by atoms with Gasteiger partial charge in [-0.1, -0.05) is 57.2 Å². The highest BCUT2D eigenvalue weighted by atomic mass is 16.6. The molecule has 1 atom stereocenters. The summed E-state index contributed by atoms with van der Waals surface area (Å²) in [6.07, 6.45) is 4.50. The van der Waals surface area contributed by atoms with Gasteiger partial charge in [-0.05, 0) is 24.0 Å². The Morgan fingerprint density at radius 1 is 0.969 bits per heavy atom. The lowest BCUT2D eigenvalue weighted by Gasteiger charge is -2.19. The summed E-state index contributed by atoms with van der Waals surface area (Å²) in [5.74, 6) is -1.51. The van der Waals surface area contributed by atoms with E-state index in [1.165, 1.54) is 25.5 Å². The number of carbonyl (C=O) groups is 2. The summed E-state index contributed by atoms with van der Waals surface area (Å²) < 4.78 is 20.8. The van der Waals surface area contributed by atoms with Gasteiger partial charge in [0.2, 0.25) is 0 Å². The van der Waals surface area contributed by atoms with Crippen molar-refractivity contribution in [3.05, 3.63) is 59.7 Å². The maximum Gasteiger partial charge on any atom is 0.335 e. The van der Waals surface area contributed by atoms with Crippen molar-refractivity contribution in [1.29, 1.82) is 0 Å². The fraction of sp³-hybridized carbons (Fsp3) is 0.520. The van der Waals surface area contributed by atoms with Crippen LogP contribution in [0.5, 0.6) is 0 Å². The van der Waals surface area contributed by atoms with Gasteiger partial charge in [-0.3, -0.25) is 0 Å². The van der Waals surface area contributed by atoms with E-state index in [0.717, 1.165) is 18.4 Å². The van der Waals surface area contributed by atoms with E-state index >= 15 is 0 Å². The predicted octanol–water partition coefficient (Wildman–Crippen LogP) is 3.36. The Bertz CT molecular complexity index is 724. The third-order valence-electron chi connectivity index (χ3n) is 4.76. The molecule has 0 saturated heterocycles. The Hall–Kier alpha value is -2.48. The number of aliphatic hydroxyl groups excluding tert-OH is 1. The lowest BCUT2D eigenvalue weighted by Crippen LogP contribution is -2.22. The molecule has 178 valence electrons. The van der Waals surface area contributed by atoms with Crippen LogP contribution in [0.25, 0.3) is 0 Å². The molecule has 0 aliphatic heterocycles. The van der Waals surface area contributed by atoms with E-state index in [4.69, 9.17) is 24.1 Å². The van der Waals surface area contributed by atoms with E-state index in [0.29, 0.717) is 0 Å². The molecule has 0 spiro atoms. The average molecular weight is 449 g/mol. The van der Waals surface area contributed by atoms with E-state index < -0.39 is 11.9 Å². The van der Waals surface area contributed by atoms with Crippen LogP contribution in [0.15, 0.2) is 48.6 Å². The normalized spacial score (nSPS) is 11.6. The van der Waals surface area contributed by atoms with E-state index in [-0.39, 0.29) is 56.7 Å². The third kappa shape index (κ3) is 10.7. The largest absolute Gasteiger partial charge is 0.461 e. The zero-order chi connectivity index (χ0) is 23.8. The maximum absolute atomic E-state index is 12.2. The fourth-order valence-corrected chi connectivity index (χ4v) is 2.88. The van der Waals surface area contributed by atoms with Crippen molar-refractivity contribution in [2.75, 3.05) is 46.8 Å². The van der Waals surface area contributed by atoms with Gasteiger partial charge in [-0.15, -0.1) is 0 Å². The number of esters is 2. The highest BCUT2D eigenvalue weighted by Gasteiger charge is 2.19. The first-order valence-corrected chi connectivity index (χ1v) is 10.9. The molecule has 0 aliphatic carbocycles. The number of methoxy groups -OCH3 is 1. The molecule has 0 radical (unpaired) electrons. The predicted molar refractivity (Wildman–Crippen MR) is 122 cm³/mol. The van der Waals surface area contributed by atoms with Crippen LogP contribution in [-0.2, 0) is 35.0 Å². The monoisotopic (exact) mass is 448 g/mol. The van der Waals surface area contributed by atoms with Gasteiger partial charge in [-0.2, -0.15) is 0 Å². The Balaban J connectivity index is 2.77. The number of hydrogen-bond donors (Lipinski definition) is 1. The second-order valence-electron chi connectivity index (χ2n) is 7.51. The SMILES string of the molecule is C=C(COC)C(=O)OCC(COC(=O)C(=C)COCCO)c1ccc(CCCCC)cc1. The number of aliphatic hydroxyl groups is 1. The second kappa shape index (κ2) is 16.2. The molecule has 0 amide bonds. The van der Waals surface area contributed by atoms with Crippen molar-refractivity contribution >= 4 is 11.9 Å². The van der Waals surface area contributed by atoms with Crippen LogP contribution in [0.1, 0.15) is 43.2 Å². The van der Waals surface area contributed by atoms with E-state index in [2.05, 4.69) is 20.1 Å². The lowest BCUT2D eigenvalue weighted by atomic mass is 9.98. The van der Waals surface area contributed by atoms with Crippen molar-refractivity contribution in [3.8, 4) is 0 Å². The van der Waals surface area contributed by atoms with E-state index in [1.54, 1.807) is 0 Å². The van der Waals surface area contributed by atoms with Crippen molar-refractivity contribution in [3.63, 3.8) is 0 Å². The van der Waals surface area contributed by atoms with Crippen molar-refractivity contribution < 1.29 is 33.6 Å². The van der Waals surface area contributed by atoms with Crippen molar-refractivity contribution in [1.82, 2.24) is 0 Å². The molecule has 32 heavy (non-hydrogen) atoms. The second-order valence-corrected chi connectivity index (χ2v) is 7.51. The molecule has 1 unspecified atom stereocenters. The van der Waals surface area contributed by atoms with E-state index in [1.807, 2.05) is 24.3 Å². The van der Waals surface area contributed by atoms with Gasteiger partial charge in [-0.25, -0.2) is 9.59 Å². The summed E-state index contributed by atoms with van der Waals surface area (Å²) in [7, 11) is 1.47. The first-order chi connectivity index (χ1) is 15.4. The molecule has 7 heteroatoms. The average Bonchev–Trinajstić information content (AvgIpc) is 2.79. The molecule has 0 heterocycles. The highest BCUT2D eigenvalue weighted by Crippen LogP contribution is 2.20. The fourth-order valence-electron chi connectivity index (χ4n) is 2.88. The molecule has 1 aromatic rings. The zero-order valence-electron chi connectivity index (χ0n) is 19.3. The minimum absolute atomic E-state index is 0.0110. The Kier molecular flexibility index (Phi) is 13.9. The quantitative estimate of drug-likeness (QED) is 0.222. The van der Waals surface area contributed by atoms with Gasteiger partial charge in [0, 0.05) is 7.11 Å². The molecular weight excluding hydrogens is 412 g/mol. The molecule has 1 rings (SSSR count). The van der Waals surface area contributed by atoms with Crippen LogP contribution in [0.4, 0.5) is 0 Å². The molecule has 7 nitrogen and oxygen atoms in total. The number of hydrogen-bond acceptors (Lipinski definition) is 7. The molecule has 0 fully saturated rings. The molecule has 0 bridgehead atoms. The van der Waals surface area contributed by atoms with Crippen molar-refractivity contribution in [2.45, 2.75) is 38.5 Å². The molecule has 0 saturated carbocycles.